The highest BCUT2D eigenvalue weighted by Gasteiger charge is 2.42. The van der Waals surface area contributed by atoms with Gasteiger partial charge in [0.05, 0.1) is 29.4 Å². The molecule has 0 unspecified atom stereocenters. The van der Waals surface area contributed by atoms with Gasteiger partial charge in [-0.1, -0.05) is 77.8 Å². The molecule has 41 heavy (non-hydrogen) atoms. The molecule has 9 heteroatoms. The normalized spacial score (nSPS) is 11.6. The molecular weight excluding hydrogens is 532 g/mol. The van der Waals surface area contributed by atoms with Crippen molar-refractivity contribution < 1.29 is 14.6 Å². The average Bonchev–Trinajstić information content (AvgIpc) is 2.93. The molecule has 0 radical (unpaired) electrons. The van der Waals surface area contributed by atoms with Crippen molar-refractivity contribution in [3.8, 4) is 22.9 Å². The van der Waals surface area contributed by atoms with Crippen molar-refractivity contribution >= 4 is 36.7 Å². The van der Waals surface area contributed by atoms with Crippen LogP contribution in [-0.2, 0) is 0 Å². The van der Waals surface area contributed by atoms with Crippen molar-refractivity contribution in [1.29, 1.82) is 0 Å². The first-order chi connectivity index (χ1) is 19.5. The Bertz CT molecular complexity index is 1680. The number of ether oxygens (including phenoxy) is 1. The topological polar surface area (TPSA) is 106 Å². The molecule has 0 atom stereocenters. The van der Waals surface area contributed by atoms with Crippen LogP contribution in [-0.4, -0.2) is 40.8 Å². The van der Waals surface area contributed by atoms with Gasteiger partial charge in [0.25, 0.3) is 5.56 Å². The maximum absolute atomic E-state index is 14.0. The van der Waals surface area contributed by atoms with Crippen molar-refractivity contribution in [3.63, 3.8) is 0 Å². The van der Waals surface area contributed by atoms with E-state index in [4.69, 9.17) is 9.72 Å². The van der Waals surface area contributed by atoms with Crippen LogP contribution >= 0.6 is 0 Å². The molecule has 0 amide bonds. The highest BCUT2D eigenvalue weighted by atomic mass is 28.3. The van der Waals surface area contributed by atoms with E-state index in [-0.39, 0.29) is 22.7 Å². The number of methoxy groups -OCH3 is 1. The molecule has 212 valence electrons. The van der Waals surface area contributed by atoms with Crippen LogP contribution in [0.3, 0.4) is 0 Å². The first-order valence-corrected chi connectivity index (χ1v) is 15.9. The Hall–Kier alpha value is -4.42. The van der Waals surface area contributed by atoms with Gasteiger partial charge in [-0.05, 0) is 40.9 Å². The summed E-state index contributed by atoms with van der Waals surface area (Å²) in [5.41, 5.74) is 5.01. The van der Waals surface area contributed by atoms with Crippen molar-refractivity contribution in [2.24, 2.45) is 0 Å². The molecule has 8 nitrogen and oxygen atoms in total. The van der Waals surface area contributed by atoms with Crippen LogP contribution in [0.25, 0.3) is 16.7 Å². The molecule has 0 aliphatic rings. The zero-order chi connectivity index (χ0) is 29.9. The van der Waals surface area contributed by atoms with Gasteiger partial charge in [0, 0.05) is 6.20 Å². The minimum atomic E-state index is -2.25. The predicted molar refractivity (Wildman–Crippen MR) is 166 cm³/mol. The molecule has 0 spiro atoms. The molecule has 2 N–H and O–H groups in total. The Kier molecular flexibility index (Phi) is 8.64. The number of nitrogens with zero attached hydrogens (tertiary/aromatic N) is 3. The standard InChI is InChI=1S/C32H36N4O4Si/c1-20(2)41(21(3)4,22(5)6)18-17-24-25-19-33-32(34-26-15-11-12-16-27(26)40-7)35-29(25)36(23-13-9-8-10-14-23)30(37)28(24)31(38)39/h8-16,19-22H,1-7H3,(H,38,39)(H,33,34,35). The molecule has 0 aliphatic heterocycles. The van der Waals surface area contributed by atoms with E-state index < -0.39 is 19.6 Å². The minimum absolute atomic E-state index is 0.146. The molecule has 2 aromatic heterocycles. The second kappa shape index (κ2) is 12.0. The highest BCUT2D eigenvalue weighted by Crippen LogP contribution is 2.41. The number of rotatable bonds is 8. The Morgan fingerprint density at radius 3 is 2.17 bits per heavy atom. The van der Waals surface area contributed by atoms with Gasteiger partial charge >= 0.3 is 5.97 Å². The fourth-order valence-corrected chi connectivity index (χ4v) is 11.1. The molecule has 0 saturated carbocycles. The number of anilines is 2. The number of hydrogen-bond acceptors (Lipinski definition) is 6. The molecule has 0 saturated heterocycles. The number of carboxylic acids is 1. The predicted octanol–water partition coefficient (Wildman–Crippen LogP) is 6.80. The van der Waals surface area contributed by atoms with Crippen LogP contribution in [0.5, 0.6) is 5.75 Å². The van der Waals surface area contributed by atoms with E-state index in [1.165, 1.54) is 4.57 Å². The number of carbonyl (C=O) groups is 1. The average molecular weight is 569 g/mol. The number of aromatic nitrogens is 3. The second-order valence-corrected chi connectivity index (χ2v) is 16.5. The maximum Gasteiger partial charge on any atom is 0.342 e. The molecule has 2 heterocycles. The van der Waals surface area contributed by atoms with E-state index in [0.29, 0.717) is 39.1 Å². The Morgan fingerprint density at radius 2 is 1.59 bits per heavy atom. The lowest BCUT2D eigenvalue weighted by Gasteiger charge is -2.38. The van der Waals surface area contributed by atoms with Gasteiger partial charge in [-0.25, -0.2) is 9.78 Å². The Morgan fingerprint density at radius 1 is 0.976 bits per heavy atom. The van der Waals surface area contributed by atoms with Crippen LogP contribution in [0.15, 0.2) is 65.6 Å². The summed E-state index contributed by atoms with van der Waals surface area (Å²) in [5, 5.41) is 13.9. The third-order valence-electron chi connectivity index (χ3n) is 7.77. The number of aromatic carboxylic acids is 1. The molecule has 0 aliphatic carbocycles. The Labute approximate surface area is 241 Å². The Balaban J connectivity index is 2.08. The van der Waals surface area contributed by atoms with E-state index >= 15 is 0 Å². The van der Waals surface area contributed by atoms with Gasteiger partial charge in [0.1, 0.15) is 19.4 Å². The number of nitrogens with one attached hydrogen (secondary N) is 1. The number of carboxylic acid groups (broad SMARTS) is 1. The van der Waals surface area contributed by atoms with Crippen LogP contribution in [0.4, 0.5) is 11.6 Å². The fraction of sp³-hybridized carbons (Fsp3) is 0.312. The van der Waals surface area contributed by atoms with Gasteiger partial charge in [-0.3, -0.25) is 9.36 Å². The van der Waals surface area contributed by atoms with E-state index in [0.717, 1.165) is 0 Å². The first-order valence-electron chi connectivity index (χ1n) is 13.7. The van der Waals surface area contributed by atoms with E-state index in [2.05, 4.69) is 63.3 Å². The third kappa shape index (κ3) is 5.48. The summed E-state index contributed by atoms with van der Waals surface area (Å²) in [6.45, 7) is 13.1. The van der Waals surface area contributed by atoms with Crippen molar-refractivity contribution in [1.82, 2.24) is 14.5 Å². The lowest BCUT2D eigenvalue weighted by atomic mass is 10.1. The lowest BCUT2D eigenvalue weighted by Crippen LogP contribution is -2.43. The lowest BCUT2D eigenvalue weighted by molar-refractivity contribution is 0.0694. The third-order valence-corrected chi connectivity index (χ3v) is 14.1. The highest BCUT2D eigenvalue weighted by molar-refractivity contribution is 6.90. The quantitative estimate of drug-likeness (QED) is 0.178. The smallest absolute Gasteiger partial charge is 0.342 e. The zero-order valence-electron chi connectivity index (χ0n) is 24.5. The van der Waals surface area contributed by atoms with Gasteiger partial charge in [-0.15, -0.1) is 5.54 Å². The summed E-state index contributed by atoms with van der Waals surface area (Å²) >= 11 is 0. The number of benzene rings is 2. The van der Waals surface area contributed by atoms with Gasteiger partial charge < -0.3 is 15.2 Å². The number of hydrogen-bond donors (Lipinski definition) is 2. The van der Waals surface area contributed by atoms with Crippen LogP contribution in [0.2, 0.25) is 16.6 Å². The summed E-state index contributed by atoms with van der Waals surface area (Å²) in [4.78, 5) is 35.8. The van der Waals surface area contributed by atoms with Crippen molar-refractivity contribution in [3.05, 3.63) is 82.3 Å². The zero-order valence-corrected chi connectivity index (χ0v) is 25.5. The van der Waals surface area contributed by atoms with E-state index in [1.54, 1.807) is 37.6 Å². The summed E-state index contributed by atoms with van der Waals surface area (Å²) in [6.07, 6.45) is 1.54. The van der Waals surface area contributed by atoms with E-state index in [1.807, 2.05) is 30.3 Å². The molecule has 0 bridgehead atoms. The van der Waals surface area contributed by atoms with Crippen LogP contribution < -0.4 is 15.6 Å². The molecule has 4 rings (SSSR count). The molecular formula is C32H36N4O4Si. The SMILES string of the molecule is COc1ccccc1Nc1ncc2c(C#C[Si](C(C)C)(C(C)C)C(C)C)c(C(=O)O)c(=O)n(-c3ccccc3)c2n1. The van der Waals surface area contributed by atoms with Gasteiger partial charge in [0.15, 0.2) is 5.65 Å². The van der Waals surface area contributed by atoms with Gasteiger partial charge in [-0.2, -0.15) is 4.98 Å². The number of fused-ring (bicyclic) bond motifs is 1. The summed E-state index contributed by atoms with van der Waals surface area (Å²) in [5.74, 6) is 2.71. The number of pyridine rings is 1. The van der Waals surface area contributed by atoms with E-state index in [9.17, 15) is 14.7 Å². The second-order valence-electron chi connectivity index (χ2n) is 10.9. The van der Waals surface area contributed by atoms with Crippen molar-refractivity contribution in [2.45, 2.75) is 58.2 Å². The maximum atomic E-state index is 14.0. The monoisotopic (exact) mass is 568 g/mol. The van der Waals surface area contributed by atoms with Crippen molar-refractivity contribution in [2.75, 3.05) is 12.4 Å². The largest absolute Gasteiger partial charge is 0.495 e. The van der Waals surface area contributed by atoms with Crippen LogP contribution in [0, 0.1) is 11.5 Å². The summed E-state index contributed by atoms with van der Waals surface area (Å²) in [7, 11) is -0.681. The van der Waals surface area contributed by atoms with Crippen LogP contribution in [0.1, 0.15) is 57.5 Å². The minimum Gasteiger partial charge on any atom is -0.495 e. The summed E-state index contributed by atoms with van der Waals surface area (Å²) in [6, 6.07) is 16.2. The molecule has 2 aromatic carbocycles. The molecule has 4 aromatic rings. The first kappa shape index (κ1) is 29.6. The molecule has 0 fully saturated rings. The van der Waals surface area contributed by atoms with Gasteiger partial charge in [0.2, 0.25) is 5.95 Å². The summed E-state index contributed by atoms with van der Waals surface area (Å²) < 4.78 is 6.76. The number of para-hydroxylation sites is 3. The fourth-order valence-electron chi connectivity index (χ4n) is 5.85.